The molecule has 278 valence electrons. The Bertz CT molecular complexity index is 1070. The van der Waals surface area contributed by atoms with Crippen molar-refractivity contribution in [3.63, 3.8) is 0 Å². The minimum atomic E-state index is -9.39. The van der Waals surface area contributed by atoms with Crippen molar-refractivity contribution in [2.24, 2.45) is 0 Å². The molecular weight excluding hydrogens is 770 g/mol. The van der Waals surface area contributed by atoms with Gasteiger partial charge in [0.25, 0.3) is 0 Å². The molecule has 0 spiro atoms. The number of nitrogens with zero attached hydrogens (tertiary/aromatic N) is 4. The molecule has 0 aliphatic heterocycles. The molecule has 0 saturated carbocycles. The highest BCUT2D eigenvalue weighted by molar-refractivity contribution is 5.10. The van der Waals surface area contributed by atoms with Crippen molar-refractivity contribution in [1.82, 2.24) is 20.7 Å². The molecule has 0 amide bonds. The lowest BCUT2D eigenvalue weighted by Gasteiger charge is -2.44. The summed E-state index contributed by atoms with van der Waals surface area (Å²) in [6.45, 7) is 0. The lowest BCUT2D eigenvalue weighted by atomic mass is 9.96. The maximum absolute atomic E-state index is 13.5. The second-order valence-corrected chi connectivity index (χ2v) is 7.66. The van der Waals surface area contributed by atoms with Gasteiger partial charge in [-0.15, -0.1) is 13.4 Å². The van der Waals surface area contributed by atoms with Gasteiger partial charge in [-0.25, -0.2) is 0 Å². The third-order valence-electron chi connectivity index (χ3n) is 4.69. The summed E-state index contributed by atoms with van der Waals surface area (Å²) < 4.78 is 389. The lowest BCUT2D eigenvalue weighted by molar-refractivity contribution is -0.544. The topological polar surface area (TPSA) is 13.0 Å². The molecule has 0 N–H and O–H groups in total. The third-order valence-corrected chi connectivity index (χ3v) is 4.69. The van der Waals surface area contributed by atoms with Gasteiger partial charge in [0.1, 0.15) is 0 Å². The van der Waals surface area contributed by atoms with Gasteiger partial charge in [0.05, 0.1) is 5.34 Å². The van der Waals surface area contributed by atoms with E-state index in [0.717, 1.165) is 0 Å². The number of hydrogen-bond donors (Lipinski definition) is 0. The second-order valence-electron chi connectivity index (χ2n) is 7.66. The summed E-state index contributed by atoms with van der Waals surface area (Å²) in [7, 11) is 0. The van der Waals surface area contributed by atoms with Crippen molar-refractivity contribution in [1.29, 1.82) is 0 Å². The number of hydrogen-bond acceptors (Lipinski definition) is 4. The van der Waals surface area contributed by atoms with Gasteiger partial charge in [0, 0.05) is 0 Å². The van der Waals surface area contributed by atoms with E-state index < -0.39 is 92.9 Å². The van der Waals surface area contributed by atoms with Gasteiger partial charge in [-0.3, -0.25) is 0 Å². The summed E-state index contributed by atoms with van der Waals surface area (Å²) in [6, 6.07) is -61.3. The van der Waals surface area contributed by atoms with E-state index in [0.29, 0.717) is 0 Å². The molecule has 0 aromatic rings. The van der Waals surface area contributed by atoms with Crippen LogP contribution >= 0.6 is 0 Å². The zero-order chi connectivity index (χ0) is 38.3. The molecule has 34 heteroatoms. The van der Waals surface area contributed by atoms with Gasteiger partial charge < -0.3 is 0 Å². The van der Waals surface area contributed by atoms with Gasteiger partial charge in [0.2, 0.25) is 0 Å². The minimum absolute atomic E-state index is 4.32. The number of alkyl halides is 25. The van der Waals surface area contributed by atoms with Crippen molar-refractivity contribution in [3.05, 3.63) is 0 Å². The Labute approximate surface area is 226 Å². The van der Waals surface area contributed by atoms with Gasteiger partial charge in [0.15, 0.2) is 0 Å². The molecule has 0 bridgehead atoms. The van der Waals surface area contributed by atoms with Gasteiger partial charge in [-0.2, -0.15) is 110 Å². The SMILES string of the molecule is FN(F)C(F)(F)C(F)(F)N(F)C(F)(F)C(F)(F)N(F)C(F)(F)C(F)(F)N(F)C(F)(F)C(F)(F)C(F)(F)C(F)(F)C(F)(F)C(F)(F)F. The molecule has 0 unspecified atom stereocenters. The lowest BCUT2D eigenvalue weighted by Crippen LogP contribution is -2.76. The van der Waals surface area contributed by atoms with Crippen molar-refractivity contribution < 1.29 is 132 Å². The Balaban J connectivity index is 7.09. The molecule has 0 aliphatic carbocycles. The van der Waals surface area contributed by atoms with Crippen LogP contribution in [-0.4, -0.2) is 92.9 Å². The monoisotopic (exact) mass is 770 g/mol. The van der Waals surface area contributed by atoms with Crippen LogP contribution in [0.4, 0.5) is 132 Å². The Morgan fingerprint density at radius 1 is 0.217 bits per heavy atom. The van der Waals surface area contributed by atoms with E-state index in [1.807, 2.05) is 0 Å². The Kier molecular flexibility index (Phi) is 10.6. The van der Waals surface area contributed by atoms with Crippen LogP contribution in [0.15, 0.2) is 0 Å². The quantitative estimate of drug-likeness (QED) is 0.0995. The van der Waals surface area contributed by atoms with Gasteiger partial charge in [-0.1, -0.05) is 8.96 Å². The minimum Gasteiger partial charge on any atom is -0.192 e. The molecule has 0 fully saturated rings. The van der Waals surface area contributed by atoms with Crippen LogP contribution in [0.2, 0.25) is 0 Å². The van der Waals surface area contributed by atoms with Crippen LogP contribution < -0.4 is 0 Å². The largest absolute Gasteiger partial charge is 0.460 e. The predicted octanol–water partition coefficient (Wildman–Crippen LogP) is 8.87. The molecule has 0 heterocycles. The van der Waals surface area contributed by atoms with Gasteiger partial charge in [-0.05, 0) is 15.4 Å². The van der Waals surface area contributed by atoms with Gasteiger partial charge >= 0.3 is 72.2 Å². The van der Waals surface area contributed by atoms with E-state index >= 15 is 0 Å². The summed E-state index contributed by atoms with van der Waals surface area (Å²) >= 11 is 0. The summed E-state index contributed by atoms with van der Waals surface area (Å²) in [5.74, 6) is -36.5. The summed E-state index contributed by atoms with van der Waals surface area (Å²) in [5, 5.41) is -20.3. The smallest absolute Gasteiger partial charge is 0.192 e. The molecule has 46 heavy (non-hydrogen) atoms. The first kappa shape index (κ1) is 43.7. The molecule has 0 aromatic heterocycles. The zero-order valence-electron chi connectivity index (χ0n) is 19.1. The maximum Gasteiger partial charge on any atom is 0.460 e. The normalized spacial score (nSPS) is 16.8. The molecule has 0 rings (SSSR count). The Morgan fingerprint density at radius 3 is 0.630 bits per heavy atom. The van der Waals surface area contributed by atoms with Crippen molar-refractivity contribution in [2.75, 3.05) is 0 Å². The fourth-order valence-electron chi connectivity index (χ4n) is 2.11. The zero-order valence-corrected chi connectivity index (χ0v) is 19.1. The molecule has 0 aliphatic rings. The van der Waals surface area contributed by atoms with E-state index in [1.165, 1.54) is 0 Å². The van der Waals surface area contributed by atoms with E-state index in [-0.39, 0.29) is 0 Å². The standard InChI is InChI=1S/C12F30N4/c13-1(14,3(17,18)5(21,22)23)2(15,16)4(19,20)6(24,25)43(38)7(26,27)8(28,29)44(39)9(30,31)10(32,33)45(40)11(34,35)12(36,37)46(41)42. The highest BCUT2D eigenvalue weighted by Gasteiger charge is 2.94. The Hall–Kier alpha value is -2.26. The molecule has 0 aromatic carbocycles. The molecule has 0 saturated heterocycles. The van der Waals surface area contributed by atoms with Crippen LogP contribution in [0, 0.1) is 0 Å². The highest BCUT2D eigenvalue weighted by Crippen LogP contribution is 2.63. The first-order chi connectivity index (χ1) is 19.4. The van der Waals surface area contributed by atoms with Crippen molar-refractivity contribution in [3.8, 4) is 0 Å². The van der Waals surface area contributed by atoms with Crippen LogP contribution in [0.5, 0.6) is 0 Å². The summed E-state index contributed by atoms with van der Waals surface area (Å²) in [5.41, 5.74) is 0. The van der Waals surface area contributed by atoms with Crippen molar-refractivity contribution in [2.45, 2.75) is 72.2 Å². The first-order valence-corrected chi connectivity index (χ1v) is 9.13. The molecule has 4 nitrogen and oxygen atoms in total. The van der Waals surface area contributed by atoms with Crippen LogP contribution in [0.25, 0.3) is 0 Å². The average Bonchev–Trinajstić information content (AvgIpc) is 2.85. The second kappa shape index (κ2) is 11.1. The van der Waals surface area contributed by atoms with E-state index in [2.05, 4.69) is 0 Å². The fraction of sp³-hybridized carbons (Fsp3) is 1.00. The average molecular weight is 770 g/mol. The van der Waals surface area contributed by atoms with Crippen LogP contribution in [-0.2, 0) is 0 Å². The summed E-state index contributed by atoms with van der Waals surface area (Å²) in [4.78, 5) is 0. The van der Waals surface area contributed by atoms with E-state index in [1.54, 1.807) is 0 Å². The number of rotatable bonds is 14. The molecule has 0 atom stereocenters. The molecular formula is C12F30N4. The third kappa shape index (κ3) is 5.55. The first-order valence-electron chi connectivity index (χ1n) is 9.13. The fourth-order valence-corrected chi connectivity index (χ4v) is 2.11. The van der Waals surface area contributed by atoms with E-state index in [4.69, 9.17) is 0 Å². The van der Waals surface area contributed by atoms with Crippen LogP contribution in [0.3, 0.4) is 0 Å². The number of halogens is 30. The maximum atomic E-state index is 13.5. The summed E-state index contributed by atoms with van der Waals surface area (Å²) in [6.07, 6.45) is -8.21. The Morgan fingerprint density at radius 2 is 0.413 bits per heavy atom. The van der Waals surface area contributed by atoms with Crippen LogP contribution in [0.1, 0.15) is 0 Å². The molecule has 0 radical (unpaired) electrons. The van der Waals surface area contributed by atoms with Crippen molar-refractivity contribution >= 4 is 0 Å². The highest BCUT2D eigenvalue weighted by atomic mass is 19.4. The predicted molar refractivity (Wildman–Crippen MR) is 73.4 cm³/mol. The van der Waals surface area contributed by atoms with E-state index in [9.17, 15) is 132 Å².